The van der Waals surface area contributed by atoms with Crippen LogP contribution in [0.4, 0.5) is 18.9 Å². The first kappa shape index (κ1) is 22.5. The number of alkyl halides is 3. The van der Waals surface area contributed by atoms with E-state index in [1.165, 1.54) is 0 Å². The second-order valence-corrected chi connectivity index (χ2v) is 5.23. The summed E-state index contributed by atoms with van der Waals surface area (Å²) >= 11 is 0. The van der Waals surface area contributed by atoms with Gasteiger partial charge in [-0.3, -0.25) is 0 Å². The van der Waals surface area contributed by atoms with Crippen molar-refractivity contribution in [2.24, 2.45) is 4.99 Å². The van der Waals surface area contributed by atoms with E-state index >= 15 is 0 Å². The van der Waals surface area contributed by atoms with Crippen molar-refractivity contribution in [3.05, 3.63) is 60.2 Å². The molecule has 0 unspecified atom stereocenters. The number of methoxy groups -OCH3 is 1. The lowest BCUT2D eigenvalue weighted by Crippen LogP contribution is -2.22. The summed E-state index contributed by atoms with van der Waals surface area (Å²) in [5, 5.41) is 19.2. The molecule has 0 aliphatic heterocycles. The van der Waals surface area contributed by atoms with E-state index in [0.29, 0.717) is 12.4 Å². The second kappa shape index (κ2) is 11.2. The fourth-order valence-electron chi connectivity index (χ4n) is 1.82. The van der Waals surface area contributed by atoms with Gasteiger partial charge in [0, 0.05) is 6.54 Å². The summed E-state index contributed by atoms with van der Waals surface area (Å²) in [6.07, 6.45) is -4.83. The van der Waals surface area contributed by atoms with E-state index in [-0.39, 0.29) is 6.42 Å². The number of para-hydroxylation sites is 1. The SMILES string of the molecule is COc1ccc(CN/C(CC#N)=N/c2ccccc2)cc1.O=C(O)C(F)(F)F. The summed E-state index contributed by atoms with van der Waals surface area (Å²) in [6, 6.07) is 19.5. The number of nitriles is 1. The van der Waals surface area contributed by atoms with Gasteiger partial charge in [-0.1, -0.05) is 30.3 Å². The Balaban J connectivity index is 0.000000480. The molecule has 0 aromatic heterocycles. The molecular weight excluding hydrogens is 375 g/mol. The van der Waals surface area contributed by atoms with Crippen LogP contribution in [0, 0.1) is 11.3 Å². The first-order valence-corrected chi connectivity index (χ1v) is 7.92. The van der Waals surface area contributed by atoms with Crippen molar-refractivity contribution in [1.29, 1.82) is 5.26 Å². The van der Waals surface area contributed by atoms with Gasteiger partial charge in [-0.15, -0.1) is 0 Å². The van der Waals surface area contributed by atoms with Crippen molar-refractivity contribution in [1.82, 2.24) is 5.32 Å². The molecule has 0 aliphatic rings. The molecular formula is C19H18F3N3O3. The van der Waals surface area contributed by atoms with Crippen LogP contribution >= 0.6 is 0 Å². The molecule has 6 nitrogen and oxygen atoms in total. The number of amidine groups is 1. The molecule has 0 amide bonds. The molecule has 28 heavy (non-hydrogen) atoms. The maximum absolute atomic E-state index is 10.6. The molecule has 148 valence electrons. The summed E-state index contributed by atoms with van der Waals surface area (Å²) in [5.74, 6) is -1.26. The zero-order valence-corrected chi connectivity index (χ0v) is 14.9. The van der Waals surface area contributed by atoms with Crippen LogP contribution < -0.4 is 10.1 Å². The maximum Gasteiger partial charge on any atom is 0.490 e. The lowest BCUT2D eigenvalue weighted by molar-refractivity contribution is -0.192. The molecule has 0 aliphatic carbocycles. The van der Waals surface area contributed by atoms with E-state index < -0.39 is 12.1 Å². The molecule has 0 bridgehead atoms. The van der Waals surface area contributed by atoms with E-state index in [4.69, 9.17) is 19.9 Å². The first-order valence-electron chi connectivity index (χ1n) is 7.92. The second-order valence-electron chi connectivity index (χ2n) is 5.23. The molecule has 2 N–H and O–H groups in total. The van der Waals surface area contributed by atoms with Crippen LogP contribution in [0.1, 0.15) is 12.0 Å². The number of aliphatic imine (C=N–C) groups is 1. The van der Waals surface area contributed by atoms with Gasteiger partial charge in [-0.05, 0) is 29.8 Å². The van der Waals surface area contributed by atoms with Crippen molar-refractivity contribution >= 4 is 17.5 Å². The lowest BCUT2D eigenvalue weighted by Gasteiger charge is -2.08. The van der Waals surface area contributed by atoms with Gasteiger partial charge in [0.15, 0.2) is 0 Å². The maximum atomic E-state index is 10.6. The van der Waals surface area contributed by atoms with Gasteiger partial charge in [-0.2, -0.15) is 18.4 Å². The molecule has 0 radical (unpaired) electrons. The number of benzene rings is 2. The number of aliphatic carboxylic acids is 1. The highest BCUT2D eigenvalue weighted by Gasteiger charge is 2.38. The van der Waals surface area contributed by atoms with Crippen molar-refractivity contribution in [3.8, 4) is 11.8 Å². The van der Waals surface area contributed by atoms with Gasteiger partial charge < -0.3 is 15.2 Å². The molecule has 0 saturated carbocycles. The molecule has 2 aromatic carbocycles. The molecule has 0 fully saturated rings. The van der Waals surface area contributed by atoms with Crippen molar-refractivity contribution < 1.29 is 27.8 Å². The normalized spacial score (nSPS) is 10.9. The average molecular weight is 393 g/mol. The standard InChI is InChI=1S/C17H17N3O.C2HF3O2/c1-21-16-9-7-14(8-10-16)13-19-17(11-12-18)20-15-5-3-2-4-6-15;3-2(4,5)1(6)7/h2-10H,11,13H2,1H3,(H,19,20);(H,6,7). The predicted octanol–water partition coefficient (Wildman–Crippen LogP) is 4.06. The summed E-state index contributed by atoms with van der Waals surface area (Å²) in [6.45, 7) is 0.622. The van der Waals surface area contributed by atoms with Crippen LogP contribution in [0.3, 0.4) is 0 Å². The topological polar surface area (TPSA) is 94.7 Å². The van der Waals surface area contributed by atoms with Gasteiger partial charge in [0.25, 0.3) is 0 Å². The molecule has 2 rings (SSSR count). The molecule has 9 heteroatoms. The third-order valence-corrected chi connectivity index (χ3v) is 3.16. The Labute approximate surface area is 159 Å². The smallest absolute Gasteiger partial charge is 0.490 e. The van der Waals surface area contributed by atoms with Crippen molar-refractivity contribution in [2.75, 3.05) is 7.11 Å². The minimum absolute atomic E-state index is 0.255. The Morgan fingerprint density at radius 2 is 1.75 bits per heavy atom. The number of nitrogens with zero attached hydrogens (tertiary/aromatic N) is 2. The van der Waals surface area contributed by atoms with Gasteiger partial charge >= 0.3 is 12.1 Å². The van der Waals surface area contributed by atoms with Crippen LogP contribution in [-0.2, 0) is 11.3 Å². The van der Waals surface area contributed by atoms with Crippen LogP contribution in [0.5, 0.6) is 5.75 Å². The highest BCUT2D eigenvalue weighted by molar-refractivity contribution is 5.86. The van der Waals surface area contributed by atoms with Gasteiger partial charge in [0.2, 0.25) is 0 Å². The first-order chi connectivity index (χ1) is 13.3. The minimum Gasteiger partial charge on any atom is -0.497 e. The summed E-state index contributed by atoms with van der Waals surface area (Å²) < 4.78 is 36.9. The number of hydrogen-bond acceptors (Lipinski definition) is 4. The van der Waals surface area contributed by atoms with Crippen molar-refractivity contribution in [3.63, 3.8) is 0 Å². The van der Waals surface area contributed by atoms with E-state index in [9.17, 15) is 13.2 Å². The number of ether oxygens (including phenoxy) is 1. The van der Waals surface area contributed by atoms with Gasteiger partial charge in [0.05, 0.1) is 25.3 Å². The fourth-order valence-corrected chi connectivity index (χ4v) is 1.82. The molecule has 0 saturated heterocycles. The number of carboxylic acid groups (broad SMARTS) is 1. The largest absolute Gasteiger partial charge is 0.497 e. The van der Waals surface area contributed by atoms with Crippen LogP contribution in [0.2, 0.25) is 0 Å². The quantitative estimate of drug-likeness (QED) is 0.590. The number of carbonyl (C=O) groups is 1. The Bertz CT molecular complexity index is 814. The highest BCUT2D eigenvalue weighted by atomic mass is 19.4. The third kappa shape index (κ3) is 8.71. The molecule has 0 atom stereocenters. The Kier molecular flexibility index (Phi) is 9.03. The Hall–Kier alpha value is -3.54. The van der Waals surface area contributed by atoms with Crippen LogP contribution in [0.15, 0.2) is 59.6 Å². The molecule has 0 heterocycles. The van der Waals surface area contributed by atoms with Crippen LogP contribution in [-0.4, -0.2) is 30.2 Å². The van der Waals surface area contributed by atoms with Gasteiger partial charge in [-0.25, -0.2) is 9.79 Å². The Morgan fingerprint density at radius 3 is 2.21 bits per heavy atom. The number of halogens is 3. The lowest BCUT2D eigenvalue weighted by atomic mass is 10.2. The highest BCUT2D eigenvalue weighted by Crippen LogP contribution is 2.13. The number of carboxylic acids is 1. The van der Waals surface area contributed by atoms with Gasteiger partial charge in [0.1, 0.15) is 11.6 Å². The zero-order chi connectivity index (χ0) is 21.0. The number of rotatable bonds is 5. The Morgan fingerprint density at radius 1 is 1.18 bits per heavy atom. The summed E-state index contributed by atoms with van der Waals surface area (Å²) in [7, 11) is 1.64. The van der Waals surface area contributed by atoms with E-state index in [2.05, 4.69) is 16.4 Å². The molecule has 0 spiro atoms. The van der Waals surface area contributed by atoms with E-state index in [0.717, 1.165) is 17.0 Å². The van der Waals surface area contributed by atoms with Crippen LogP contribution in [0.25, 0.3) is 0 Å². The summed E-state index contributed by atoms with van der Waals surface area (Å²) in [5.41, 5.74) is 1.94. The fraction of sp³-hybridized carbons (Fsp3) is 0.211. The average Bonchev–Trinajstić information content (AvgIpc) is 2.67. The van der Waals surface area contributed by atoms with Crippen molar-refractivity contribution in [2.45, 2.75) is 19.1 Å². The third-order valence-electron chi connectivity index (χ3n) is 3.16. The monoisotopic (exact) mass is 393 g/mol. The minimum atomic E-state index is -5.08. The zero-order valence-electron chi connectivity index (χ0n) is 14.9. The number of hydrogen-bond donors (Lipinski definition) is 2. The predicted molar refractivity (Wildman–Crippen MR) is 97.3 cm³/mol. The number of nitrogens with one attached hydrogen (secondary N) is 1. The summed E-state index contributed by atoms with van der Waals surface area (Å²) in [4.78, 5) is 13.4. The van der Waals surface area contributed by atoms with E-state index in [1.807, 2.05) is 54.6 Å². The molecule has 2 aromatic rings. The van der Waals surface area contributed by atoms with E-state index in [1.54, 1.807) is 7.11 Å².